The zero-order valence-electron chi connectivity index (χ0n) is 25.6. The van der Waals surface area contributed by atoms with Gasteiger partial charge in [-0.25, -0.2) is 18.8 Å². The highest BCUT2D eigenvalue weighted by Gasteiger charge is 2.31. The van der Waals surface area contributed by atoms with Crippen molar-refractivity contribution in [2.75, 3.05) is 53.4 Å². The fourth-order valence-corrected chi connectivity index (χ4v) is 5.49. The van der Waals surface area contributed by atoms with Gasteiger partial charge >= 0.3 is 0 Å². The van der Waals surface area contributed by atoms with Crippen LogP contribution in [0.25, 0.3) is 10.9 Å². The van der Waals surface area contributed by atoms with Gasteiger partial charge in [0.25, 0.3) is 5.91 Å². The number of hydrogen-bond donors (Lipinski definition) is 2. The molecule has 1 saturated heterocycles. The molecule has 9 nitrogen and oxygen atoms in total. The van der Waals surface area contributed by atoms with Crippen LogP contribution in [0.3, 0.4) is 0 Å². The van der Waals surface area contributed by atoms with Gasteiger partial charge in [-0.05, 0) is 45.9 Å². The predicted molar refractivity (Wildman–Crippen MR) is 166 cm³/mol. The average Bonchev–Trinajstić information content (AvgIpc) is 3.40. The molecule has 0 aliphatic carbocycles. The lowest BCUT2D eigenvalue weighted by atomic mass is 9.98. The summed E-state index contributed by atoms with van der Waals surface area (Å²) in [6.45, 7) is 11.1. The minimum atomic E-state index is -0.703. The number of aliphatic imine (C=N–C) groups is 2. The molecule has 2 aromatic rings. The second-order valence-corrected chi connectivity index (χ2v) is 11.7. The normalized spacial score (nSPS) is 21.8. The first-order valence-electron chi connectivity index (χ1n) is 14.9. The molecule has 2 atom stereocenters. The highest BCUT2D eigenvalue weighted by atomic mass is 19.1. The molecule has 43 heavy (non-hydrogen) atoms. The van der Waals surface area contributed by atoms with Gasteiger partial charge in [0.2, 0.25) is 0 Å². The summed E-state index contributed by atoms with van der Waals surface area (Å²) in [7, 11) is 3.83. The molecule has 230 valence electrons. The third-order valence-electron chi connectivity index (χ3n) is 8.26. The second kappa shape index (κ2) is 13.2. The summed E-state index contributed by atoms with van der Waals surface area (Å²) in [5, 5.41) is 3.33. The van der Waals surface area contributed by atoms with Crippen molar-refractivity contribution in [1.29, 1.82) is 0 Å². The van der Waals surface area contributed by atoms with E-state index in [9.17, 15) is 4.79 Å². The van der Waals surface area contributed by atoms with Crippen LogP contribution in [0.2, 0.25) is 0 Å². The lowest BCUT2D eigenvalue weighted by Crippen LogP contribution is -2.46. The minimum Gasteiger partial charge on any atom is -0.457 e. The number of benzene rings is 1. The molecule has 3 aliphatic heterocycles. The number of H-pyrrole nitrogens is 1. The van der Waals surface area contributed by atoms with E-state index in [-0.39, 0.29) is 45.6 Å². The fourth-order valence-electron chi connectivity index (χ4n) is 5.49. The molecule has 2 N–H and O–H groups in total. The van der Waals surface area contributed by atoms with E-state index in [1.54, 1.807) is 20.2 Å². The van der Waals surface area contributed by atoms with Gasteiger partial charge in [-0.2, -0.15) is 0 Å². The van der Waals surface area contributed by atoms with Crippen LogP contribution in [0.1, 0.15) is 32.4 Å². The molecule has 1 fully saturated rings. The number of ether oxygens (including phenoxy) is 1. The maximum atomic E-state index is 15.6. The van der Waals surface area contributed by atoms with E-state index < -0.39 is 11.6 Å². The zero-order chi connectivity index (χ0) is 30.7. The number of allylic oxidation sites excluding steroid dienone is 3. The van der Waals surface area contributed by atoms with E-state index in [4.69, 9.17) is 4.74 Å². The van der Waals surface area contributed by atoms with Crippen LogP contribution in [0, 0.1) is 30.4 Å². The first-order chi connectivity index (χ1) is 20.6. The summed E-state index contributed by atoms with van der Waals surface area (Å²) < 4.78 is 36.8. The lowest BCUT2D eigenvalue weighted by molar-refractivity contribution is -0.125. The van der Waals surface area contributed by atoms with Gasteiger partial charge in [0.15, 0.2) is 17.4 Å². The van der Waals surface area contributed by atoms with Crippen molar-refractivity contribution in [1.82, 2.24) is 25.0 Å². The second-order valence-electron chi connectivity index (χ2n) is 11.7. The number of carbonyl (C=O) groups excluding carboxylic acids is 1. The number of amides is 1. The standard InChI is InChI=1S/C32H41F2N7O2/c1-6-40(5)32(42)27-30(43-25-17-24(33)29-23(28(25)34)16-21(3)37-29)20(2)8-7-11-35-31(27)38-26-10-9-22(18-36-26)19-41-14-12-39(4)13-15-41/h7,10-11,16-18,20,22,37H,6,8-9,12-15,19H2,1-5H3,(H,35,38). The Hall–Kier alpha value is -3.83. The van der Waals surface area contributed by atoms with Crippen molar-refractivity contribution in [2.24, 2.45) is 21.8 Å². The monoisotopic (exact) mass is 593 g/mol. The van der Waals surface area contributed by atoms with Gasteiger partial charge in [-0.3, -0.25) is 4.79 Å². The highest BCUT2D eigenvalue weighted by Crippen LogP contribution is 2.34. The summed E-state index contributed by atoms with van der Waals surface area (Å²) in [6.07, 6.45) is 8.76. The van der Waals surface area contributed by atoms with Gasteiger partial charge < -0.3 is 29.7 Å². The predicted octanol–water partition coefficient (Wildman–Crippen LogP) is 4.59. The largest absolute Gasteiger partial charge is 0.457 e. The van der Waals surface area contributed by atoms with Crippen molar-refractivity contribution in [2.45, 2.75) is 33.6 Å². The van der Waals surface area contributed by atoms with Crippen molar-refractivity contribution >= 4 is 28.9 Å². The summed E-state index contributed by atoms with van der Waals surface area (Å²) in [5.74, 6) is -1.01. The van der Waals surface area contributed by atoms with E-state index in [2.05, 4.69) is 37.1 Å². The third kappa shape index (κ3) is 6.88. The molecule has 4 heterocycles. The Morgan fingerprint density at radius 3 is 2.67 bits per heavy atom. The molecule has 0 spiro atoms. The maximum Gasteiger partial charge on any atom is 0.260 e. The molecule has 1 aromatic carbocycles. The van der Waals surface area contributed by atoms with E-state index in [1.165, 1.54) is 11.0 Å². The number of aryl methyl sites for hydroxylation is 1. The molecule has 11 heteroatoms. The van der Waals surface area contributed by atoms with Crippen LogP contribution in [0.15, 0.2) is 57.6 Å². The van der Waals surface area contributed by atoms with Crippen LogP contribution in [-0.4, -0.2) is 91.0 Å². The Bertz CT molecular complexity index is 1520. The number of piperazine rings is 1. The van der Waals surface area contributed by atoms with Crippen molar-refractivity contribution in [3.05, 3.63) is 65.0 Å². The number of likely N-dealkylation sites (N-methyl/N-ethyl adjacent to an activating group) is 2. The molecule has 1 amide bonds. The molecule has 0 saturated carbocycles. The third-order valence-corrected chi connectivity index (χ3v) is 8.26. The van der Waals surface area contributed by atoms with E-state index >= 15 is 8.78 Å². The fraction of sp³-hybridized carbons (Fsp3) is 0.469. The Morgan fingerprint density at radius 1 is 1.21 bits per heavy atom. The maximum absolute atomic E-state index is 15.6. The van der Waals surface area contributed by atoms with E-state index in [1.807, 2.05) is 32.2 Å². The van der Waals surface area contributed by atoms with Crippen LogP contribution in [0.4, 0.5) is 8.78 Å². The number of halogens is 2. The van der Waals surface area contributed by atoms with Crippen molar-refractivity contribution < 1.29 is 18.3 Å². The van der Waals surface area contributed by atoms with Gasteiger partial charge in [0.1, 0.15) is 23.0 Å². The molecule has 3 aliphatic rings. The van der Waals surface area contributed by atoms with Gasteiger partial charge in [-0.1, -0.05) is 13.0 Å². The lowest BCUT2D eigenvalue weighted by Gasteiger charge is -2.34. The van der Waals surface area contributed by atoms with Gasteiger partial charge in [0, 0.05) is 87.7 Å². The molecule has 1 aromatic heterocycles. The molecule has 2 unspecified atom stereocenters. The van der Waals surface area contributed by atoms with Crippen LogP contribution in [0.5, 0.6) is 5.75 Å². The minimum absolute atomic E-state index is 0.0731. The first-order valence-corrected chi connectivity index (χ1v) is 14.9. The van der Waals surface area contributed by atoms with Crippen molar-refractivity contribution in [3.8, 4) is 5.75 Å². The number of fused-ring (bicyclic) bond motifs is 1. The number of rotatable bonds is 7. The number of aromatic amines is 1. The van der Waals surface area contributed by atoms with E-state index in [0.717, 1.165) is 45.2 Å². The molecular formula is C32H41F2N7O2. The molecule has 5 rings (SSSR count). The van der Waals surface area contributed by atoms with E-state index in [0.29, 0.717) is 30.4 Å². The topological polar surface area (TPSA) is 88.6 Å². The number of hydrogen-bond acceptors (Lipinski definition) is 7. The number of nitrogens with zero attached hydrogens (tertiary/aromatic N) is 5. The van der Waals surface area contributed by atoms with Crippen LogP contribution >= 0.6 is 0 Å². The number of nitrogens with one attached hydrogen (secondary N) is 2. The SMILES string of the molecule is CCN(C)C(=O)C1=C(Oc2cc(F)c3[nH]c(C)cc3c2F)C(C)CC=CN=C1NC1=CCC(CN2CCN(C)CC2)C=N1. The smallest absolute Gasteiger partial charge is 0.260 e. The Balaban J connectivity index is 1.46. The Kier molecular flexibility index (Phi) is 9.41. The van der Waals surface area contributed by atoms with Gasteiger partial charge in [-0.15, -0.1) is 0 Å². The van der Waals surface area contributed by atoms with Crippen LogP contribution < -0.4 is 10.1 Å². The van der Waals surface area contributed by atoms with Crippen LogP contribution in [-0.2, 0) is 4.79 Å². The molecule has 0 radical (unpaired) electrons. The summed E-state index contributed by atoms with van der Waals surface area (Å²) >= 11 is 0. The first kappa shape index (κ1) is 30.6. The van der Waals surface area contributed by atoms with Gasteiger partial charge in [0.05, 0.1) is 5.52 Å². The summed E-state index contributed by atoms with van der Waals surface area (Å²) in [5.41, 5.74) is 0.853. The summed E-state index contributed by atoms with van der Waals surface area (Å²) in [4.78, 5) is 32.3. The molecule has 0 bridgehead atoms. The summed E-state index contributed by atoms with van der Waals surface area (Å²) in [6, 6.07) is 2.56. The number of amidine groups is 1. The average molecular weight is 594 g/mol. The number of carbonyl (C=O) groups is 1. The van der Waals surface area contributed by atoms with Crippen molar-refractivity contribution in [3.63, 3.8) is 0 Å². The zero-order valence-corrected chi connectivity index (χ0v) is 25.6. The highest BCUT2D eigenvalue weighted by molar-refractivity contribution is 6.21. The Morgan fingerprint density at radius 2 is 1.98 bits per heavy atom. The molecular weight excluding hydrogens is 552 g/mol. The quantitative estimate of drug-likeness (QED) is 0.491. The number of aromatic nitrogens is 1. The Labute approximate surface area is 251 Å².